The van der Waals surface area contributed by atoms with Crippen molar-refractivity contribution in [2.24, 2.45) is 5.41 Å². The molecule has 0 heterocycles. The van der Waals surface area contributed by atoms with Crippen LogP contribution < -0.4 is 0 Å². The molecule has 2 heteroatoms. The maximum absolute atomic E-state index is 10.00. The number of hydrogen-bond donors (Lipinski definition) is 2. The number of allylic oxidation sites excluding steroid dienone is 4. The van der Waals surface area contributed by atoms with Gasteiger partial charge in [-0.15, -0.1) is 0 Å². The number of aromatic hydroxyl groups is 1. The number of para-hydroxylation sites is 1. The van der Waals surface area contributed by atoms with E-state index in [4.69, 9.17) is 0 Å². The van der Waals surface area contributed by atoms with Gasteiger partial charge in [0, 0.05) is 17.6 Å². The summed E-state index contributed by atoms with van der Waals surface area (Å²) in [5.74, 6) is 0.544. The standard InChI is InChI=1S/C14H16O2/c1-14(2)8-7-11(13(16)9-14)10-5-3-4-6-12(10)15/h3-8,15-16H,9H2,1-2H3. The van der Waals surface area contributed by atoms with Crippen LogP contribution in [0.15, 0.2) is 42.2 Å². The predicted octanol–water partition coefficient (Wildman–Crippen LogP) is 3.65. The Morgan fingerprint density at radius 2 is 1.81 bits per heavy atom. The highest BCUT2D eigenvalue weighted by Gasteiger charge is 2.23. The number of rotatable bonds is 1. The second-order valence-corrected chi connectivity index (χ2v) is 4.88. The molecule has 0 radical (unpaired) electrons. The highest BCUT2D eigenvalue weighted by molar-refractivity contribution is 5.79. The third kappa shape index (κ3) is 1.96. The van der Waals surface area contributed by atoms with Gasteiger partial charge in [0.25, 0.3) is 0 Å². The molecule has 0 fully saturated rings. The zero-order chi connectivity index (χ0) is 11.8. The van der Waals surface area contributed by atoms with Gasteiger partial charge < -0.3 is 10.2 Å². The molecule has 1 aliphatic rings. The van der Waals surface area contributed by atoms with E-state index in [1.165, 1.54) is 0 Å². The normalized spacial score (nSPS) is 18.9. The molecule has 1 aromatic rings. The molecule has 0 amide bonds. The first-order valence-corrected chi connectivity index (χ1v) is 5.39. The molecule has 0 spiro atoms. The Hall–Kier alpha value is -1.70. The first kappa shape index (κ1) is 10.8. The van der Waals surface area contributed by atoms with Gasteiger partial charge in [0.15, 0.2) is 0 Å². The Labute approximate surface area is 95.6 Å². The predicted molar refractivity (Wildman–Crippen MR) is 65.2 cm³/mol. The van der Waals surface area contributed by atoms with Gasteiger partial charge in [-0.2, -0.15) is 0 Å². The number of aliphatic hydroxyl groups excluding tert-OH is 1. The van der Waals surface area contributed by atoms with E-state index >= 15 is 0 Å². The Balaban J connectivity index is 2.45. The molecule has 0 aromatic heterocycles. The van der Waals surface area contributed by atoms with E-state index < -0.39 is 0 Å². The highest BCUT2D eigenvalue weighted by Crippen LogP contribution is 2.38. The third-order valence-electron chi connectivity index (χ3n) is 2.83. The summed E-state index contributed by atoms with van der Waals surface area (Å²) < 4.78 is 0. The van der Waals surface area contributed by atoms with Crippen LogP contribution in [0.3, 0.4) is 0 Å². The fraction of sp³-hybridized carbons (Fsp3) is 0.286. The summed E-state index contributed by atoms with van der Waals surface area (Å²) in [6.45, 7) is 4.14. The third-order valence-corrected chi connectivity index (χ3v) is 2.83. The molecule has 1 aromatic carbocycles. The van der Waals surface area contributed by atoms with Gasteiger partial charge in [-0.05, 0) is 11.5 Å². The molecule has 2 nitrogen and oxygen atoms in total. The summed E-state index contributed by atoms with van der Waals surface area (Å²) in [4.78, 5) is 0. The minimum atomic E-state index is -0.0159. The van der Waals surface area contributed by atoms with Crippen molar-refractivity contribution in [2.45, 2.75) is 20.3 Å². The smallest absolute Gasteiger partial charge is 0.123 e. The summed E-state index contributed by atoms with van der Waals surface area (Å²) in [6, 6.07) is 7.06. The SMILES string of the molecule is CC1(C)C=CC(c2ccccc2O)=C(O)C1. The maximum Gasteiger partial charge on any atom is 0.123 e. The molecule has 2 N–H and O–H groups in total. The Kier molecular flexibility index (Phi) is 2.50. The van der Waals surface area contributed by atoms with E-state index in [9.17, 15) is 10.2 Å². The highest BCUT2D eigenvalue weighted by atomic mass is 16.3. The minimum Gasteiger partial charge on any atom is -0.512 e. The van der Waals surface area contributed by atoms with Gasteiger partial charge in [-0.25, -0.2) is 0 Å². The van der Waals surface area contributed by atoms with E-state index in [0.29, 0.717) is 17.7 Å². The largest absolute Gasteiger partial charge is 0.512 e. The quantitative estimate of drug-likeness (QED) is 0.752. The summed E-state index contributed by atoms with van der Waals surface area (Å²) in [6.07, 6.45) is 4.55. The van der Waals surface area contributed by atoms with E-state index in [-0.39, 0.29) is 11.2 Å². The van der Waals surface area contributed by atoms with Crippen molar-refractivity contribution in [1.82, 2.24) is 0 Å². The van der Waals surface area contributed by atoms with Crippen LogP contribution in [0.1, 0.15) is 25.8 Å². The maximum atomic E-state index is 10.00. The van der Waals surface area contributed by atoms with Gasteiger partial charge in [0.1, 0.15) is 11.5 Å². The van der Waals surface area contributed by atoms with Gasteiger partial charge in [0.05, 0.1) is 0 Å². The van der Waals surface area contributed by atoms with Crippen molar-refractivity contribution < 1.29 is 10.2 Å². The molecule has 0 atom stereocenters. The lowest BCUT2D eigenvalue weighted by Crippen LogP contribution is -2.13. The van der Waals surface area contributed by atoms with Crippen molar-refractivity contribution in [2.75, 3.05) is 0 Å². The lowest BCUT2D eigenvalue weighted by molar-refractivity contribution is 0.327. The monoisotopic (exact) mass is 216 g/mol. The molecule has 0 saturated heterocycles. The summed E-state index contributed by atoms with van der Waals surface area (Å²) in [5.41, 5.74) is 1.39. The number of aliphatic hydroxyl groups is 1. The molecule has 16 heavy (non-hydrogen) atoms. The summed E-state index contributed by atoms with van der Waals surface area (Å²) in [7, 11) is 0. The average Bonchev–Trinajstić information content (AvgIpc) is 2.18. The summed E-state index contributed by atoms with van der Waals surface area (Å²) in [5, 5.41) is 19.7. The van der Waals surface area contributed by atoms with Gasteiger partial charge in [0.2, 0.25) is 0 Å². The van der Waals surface area contributed by atoms with E-state index in [2.05, 4.69) is 19.9 Å². The van der Waals surface area contributed by atoms with Gasteiger partial charge in [-0.1, -0.05) is 44.2 Å². The lowest BCUT2D eigenvalue weighted by atomic mass is 9.81. The molecule has 2 rings (SSSR count). The zero-order valence-corrected chi connectivity index (χ0v) is 9.57. The second-order valence-electron chi connectivity index (χ2n) is 4.88. The van der Waals surface area contributed by atoms with Crippen LogP contribution in [0.25, 0.3) is 5.57 Å². The van der Waals surface area contributed by atoms with Crippen molar-refractivity contribution in [3.8, 4) is 5.75 Å². The van der Waals surface area contributed by atoms with Gasteiger partial charge >= 0.3 is 0 Å². The number of phenolic OH excluding ortho intramolecular Hbond substituents is 1. The van der Waals surface area contributed by atoms with E-state index in [1.54, 1.807) is 12.1 Å². The van der Waals surface area contributed by atoms with Crippen LogP contribution >= 0.6 is 0 Å². The number of hydrogen-bond acceptors (Lipinski definition) is 2. The van der Waals surface area contributed by atoms with Crippen LogP contribution in [0, 0.1) is 5.41 Å². The molecule has 0 saturated carbocycles. The second kappa shape index (κ2) is 3.71. The van der Waals surface area contributed by atoms with Crippen molar-refractivity contribution in [1.29, 1.82) is 0 Å². The van der Waals surface area contributed by atoms with Crippen molar-refractivity contribution >= 4 is 5.57 Å². The molecular formula is C14H16O2. The van der Waals surface area contributed by atoms with Crippen molar-refractivity contribution in [3.63, 3.8) is 0 Å². The van der Waals surface area contributed by atoms with Crippen molar-refractivity contribution in [3.05, 3.63) is 47.7 Å². The summed E-state index contributed by atoms with van der Waals surface area (Å²) >= 11 is 0. The first-order chi connectivity index (χ1) is 7.49. The van der Waals surface area contributed by atoms with Crippen LogP contribution in [-0.2, 0) is 0 Å². The fourth-order valence-electron chi connectivity index (χ4n) is 1.94. The molecule has 1 aliphatic carbocycles. The van der Waals surface area contributed by atoms with E-state index in [1.807, 2.05) is 18.2 Å². The molecule has 0 aliphatic heterocycles. The first-order valence-electron chi connectivity index (χ1n) is 5.39. The molecule has 0 bridgehead atoms. The van der Waals surface area contributed by atoms with Crippen LogP contribution in [-0.4, -0.2) is 10.2 Å². The topological polar surface area (TPSA) is 40.5 Å². The van der Waals surface area contributed by atoms with E-state index in [0.717, 1.165) is 5.57 Å². The average molecular weight is 216 g/mol. The minimum absolute atomic E-state index is 0.0159. The van der Waals surface area contributed by atoms with Crippen LogP contribution in [0.2, 0.25) is 0 Å². The van der Waals surface area contributed by atoms with Gasteiger partial charge in [-0.3, -0.25) is 0 Å². The fourth-order valence-corrected chi connectivity index (χ4v) is 1.94. The van der Waals surface area contributed by atoms with Crippen LogP contribution in [0.5, 0.6) is 5.75 Å². The molecule has 84 valence electrons. The zero-order valence-electron chi connectivity index (χ0n) is 9.57. The Morgan fingerprint density at radius 3 is 2.44 bits per heavy atom. The number of benzene rings is 1. The Morgan fingerprint density at radius 1 is 1.12 bits per heavy atom. The van der Waals surface area contributed by atoms with Crippen LogP contribution in [0.4, 0.5) is 0 Å². The number of phenols is 1. The Bertz CT molecular complexity index is 467. The molecular weight excluding hydrogens is 200 g/mol. The lowest BCUT2D eigenvalue weighted by Gasteiger charge is -2.25. The molecule has 0 unspecified atom stereocenters.